The van der Waals surface area contributed by atoms with E-state index in [9.17, 15) is 28.8 Å². The molecule has 0 saturated carbocycles. The minimum absolute atomic E-state index is 0.342. The van der Waals surface area contributed by atoms with E-state index in [2.05, 4.69) is 0 Å². The lowest BCUT2D eigenvalue weighted by molar-refractivity contribution is -0.170. The van der Waals surface area contributed by atoms with Gasteiger partial charge < -0.3 is 0 Å². The zero-order chi connectivity index (χ0) is 13.4. The summed E-state index contributed by atoms with van der Waals surface area (Å²) in [6.45, 7) is 0. The summed E-state index contributed by atoms with van der Waals surface area (Å²) in [6, 6.07) is 0. The van der Waals surface area contributed by atoms with E-state index in [1.807, 2.05) is 0 Å². The second kappa shape index (κ2) is 3.91. The van der Waals surface area contributed by atoms with Crippen molar-refractivity contribution in [1.29, 1.82) is 0 Å². The number of hydrazine groups is 2. The van der Waals surface area contributed by atoms with Gasteiger partial charge in [0.1, 0.15) is 12.8 Å². The maximum atomic E-state index is 11.2. The van der Waals surface area contributed by atoms with Crippen LogP contribution in [0.1, 0.15) is 12.8 Å². The van der Waals surface area contributed by atoms with Crippen LogP contribution >= 0.6 is 0 Å². The summed E-state index contributed by atoms with van der Waals surface area (Å²) in [5.41, 5.74) is 3.47. The van der Waals surface area contributed by atoms with Gasteiger partial charge >= 0.3 is 11.8 Å². The van der Waals surface area contributed by atoms with Crippen LogP contribution in [0.25, 0.3) is 0 Å². The molecule has 2 saturated heterocycles. The van der Waals surface area contributed by atoms with Crippen LogP contribution in [0.3, 0.4) is 0 Å². The Morgan fingerprint density at radius 3 is 1.22 bits per heavy atom. The highest BCUT2D eigenvalue weighted by atomic mass is 16.2. The fraction of sp³-hybridized carbons (Fsp3) is 0.250. The van der Waals surface area contributed by atoms with Gasteiger partial charge in [-0.25, -0.2) is 10.9 Å². The number of nitrogens with one attached hydrogen (secondary N) is 2. The topological polar surface area (TPSA) is 133 Å². The second-order valence-corrected chi connectivity index (χ2v) is 3.48. The fourth-order valence-corrected chi connectivity index (χ4v) is 1.22. The highest BCUT2D eigenvalue weighted by Crippen LogP contribution is 2.08. The average Bonchev–Trinajstić information content (AvgIpc) is 2.32. The molecule has 0 aromatic heterocycles. The van der Waals surface area contributed by atoms with Crippen molar-refractivity contribution in [1.82, 2.24) is 20.9 Å². The summed E-state index contributed by atoms with van der Waals surface area (Å²) in [7, 11) is 0. The van der Waals surface area contributed by atoms with Crippen molar-refractivity contribution in [3.8, 4) is 0 Å². The fourth-order valence-electron chi connectivity index (χ4n) is 1.22. The third-order valence-electron chi connectivity index (χ3n) is 2.24. The molecule has 10 heteroatoms. The summed E-state index contributed by atoms with van der Waals surface area (Å²) in [4.78, 5) is 65.7. The number of β-lactam (4-membered cyclic amide) rings is 4. The van der Waals surface area contributed by atoms with E-state index in [-0.39, 0.29) is 12.8 Å². The first-order valence-electron chi connectivity index (χ1n) is 4.73. The molecule has 2 N–H and O–H groups in total. The Labute approximate surface area is 98.8 Å². The van der Waals surface area contributed by atoms with Crippen molar-refractivity contribution in [3.05, 3.63) is 0 Å². The van der Waals surface area contributed by atoms with Crippen LogP contribution in [0.4, 0.5) is 0 Å². The van der Waals surface area contributed by atoms with Gasteiger partial charge in [0.2, 0.25) is 0 Å². The molecule has 2 heterocycles. The van der Waals surface area contributed by atoms with Crippen LogP contribution in [0.2, 0.25) is 0 Å². The Morgan fingerprint density at radius 2 is 1.00 bits per heavy atom. The van der Waals surface area contributed by atoms with Crippen LogP contribution in [-0.2, 0) is 28.8 Å². The van der Waals surface area contributed by atoms with Crippen LogP contribution in [0, 0.1) is 0 Å². The number of amides is 6. The van der Waals surface area contributed by atoms with Gasteiger partial charge in [-0.15, -0.1) is 0 Å². The number of hydrogen-bond acceptors (Lipinski definition) is 6. The van der Waals surface area contributed by atoms with Gasteiger partial charge in [0.15, 0.2) is 0 Å². The zero-order valence-corrected chi connectivity index (χ0v) is 8.76. The van der Waals surface area contributed by atoms with Crippen LogP contribution in [0.5, 0.6) is 0 Å². The molecule has 0 spiro atoms. The average molecular weight is 254 g/mol. The van der Waals surface area contributed by atoms with Gasteiger partial charge in [0.25, 0.3) is 23.6 Å². The first-order chi connectivity index (χ1) is 8.40. The summed E-state index contributed by atoms with van der Waals surface area (Å²) < 4.78 is 0. The maximum absolute atomic E-state index is 11.2. The Kier molecular flexibility index (Phi) is 2.54. The molecule has 0 aromatic carbocycles. The molecule has 6 amide bonds. The smallest absolute Gasteiger partial charge is 0.272 e. The predicted octanol–water partition coefficient (Wildman–Crippen LogP) is -3.43. The maximum Gasteiger partial charge on any atom is 0.330 e. The molecule has 0 bridgehead atoms. The van der Waals surface area contributed by atoms with Crippen molar-refractivity contribution < 1.29 is 28.8 Å². The molecule has 2 fully saturated rings. The third-order valence-corrected chi connectivity index (χ3v) is 2.24. The molecule has 0 radical (unpaired) electrons. The number of imide groups is 2. The second-order valence-electron chi connectivity index (χ2n) is 3.48. The Balaban J connectivity index is 1.87. The van der Waals surface area contributed by atoms with E-state index in [4.69, 9.17) is 0 Å². The van der Waals surface area contributed by atoms with Crippen molar-refractivity contribution in [2.45, 2.75) is 12.8 Å². The first kappa shape index (κ1) is 11.7. The Bertz CT molecular complexity index is 438. The molecule has 18 heavy (non-hydrogen) atoms. The molecule has 0 unspecified atom stereocenters. The third kappa shape index (κ3) is 1.79. The lowest BCUT2D eigenvalue weighted by Crippen LogP contribution is -2.64. The molecule has 0 atom stereocenters. The van der Waals surface area contributed by atoms with E-state index in [0.29, 0.717) is 10.0 Å². The highest BCUT2D eigenvalue weighted by Gasteiger charge is 2.39. The molecule has 2 rings (SSSR count). The lowest BCUT2D eigenvalue weighted by atomic mass is 10.2. The lowest BCUT2D eigenvalue weighted by Gasteiger charge is -2.30. The van der Waals surface area contributed by atoms with Gasteiger partial charge in [-0.3, -0.25) is 28.8 Å². The molecule has 0 aliphatic carbocycles. The quantitative estimate of drug-likeness (QED) is 0.299. The van der Waals surface area contributed by atoms with Gasteiger partial charge in [0.05, 0.1) is 0 Å². The van der Waals surface area contributed by atoms with E-state index in [0.717, 1.165) is 0 Å². The van der Waals surface area contributed by atoms with Gasteiger partial charge in [-0.05, 0) is 0 Å². The summed E-state index contributed by atoms with van der Waals surface area (Å²) >= 11 is 0. The molecule has 10 nitrogen and oxygen atoms in total. The van der Waals surface area contributed by atoms with E-state index in [1.54, 1.807) is 10.9 Å². The number of hydrogen-bond donors (Lipinski definition) is 2. The summed E-state index contributed by atoms with van der Waals surface area (Å²) in [6.07, 6.45) is -0.685. The number of rotatable bonds is 2. The minimum atomic E-state index is -1.33. The van der Waals surface area contributed by atoms with Crippen molar-refractivity contribution in [2.24, 2.45) is 0 Å². The number of nitrogens with zero attached hydrogens (tertiary/aromatic N) is 2. The Hall–Kier alpha value is -2.78. The minimum Gasteiger partial charge on any atom is -0.272 e. The van der Waals surface area contributed by atoms with Gasteiger partial charge in [-0.2, -0.15) is 10.0 Å². The Morgan fingerprint density at radius 1 is 0.722 bits per heavy atom. The largest absolute Gasteiger partial charge is 0.330 e. The molecule has 2 aliphatic heterocycles. The molecule has 0 aromatic rings. The molecular weight excluding hydrogens is 248 g/mol. The van der Waals surface area contributed by atoms with Crippen molar-refractivity contribution >= 4 is 35.4 Å². The predicted molar refractivity (Wildman–Crippen MR) is 49.2 cm³/mol. The standard InChI is InChI=1S/C8H6N4O6/c13-3-1-4(14)11(3)9-7(17)8(18)10-12-5(15)2-6(12)16/h1-2H2,(H,9,17)(H,10,18). The first-order valence-corrected chi connectivity index (χ1v) is 4.73. The monoisotopic (exact) mass is 254 g/mol. The summed E-state index contributed by atoms with van der Waals surface area (Å²) in [5.74, 6) is -5.28. The van der Waals surface area contributed by atoms with Crippen molar-refractivity contribution in [2.75, 3.05) is 0 Å². The highest BCUT2D eigenvalue weighted by molar-refractivity contribution is 6.36. The van der Waals surface area contributed by atoms with Crippen LogP contribution in [-0.4, -0.2) is 45.5 Å². The molecular formula is C8H6N4O6. The van der Waals surface area contributed by atoms with E-state index in [1.165, 1.54) is 0 Å². The van der Waals surface area contributed by atoms with Crippen LogP contribution < -0.4 is 10.9 Å². The van der Waals surface area contributed by atoms with E-state index >= 15 is 0 Å². The van der Waals surface area contributed by atoms with Crippen LogP contribution in [0.15, 0.2) is 0 Å². The summed E-state index contributed by atoms with van der Waals surface area (Å²) in [5, 5.41) is 0.753. The zero-order valence-electron chi connectivity index (χ0n) is 8.76. The van der Waals surface area contributed by atoms with Gasteiger partial charge in [0, 0.05) is 0 Å². The molecule has 2 aliphatic rings. The number of carbonyl (C=O) groups excluding carboxylic acids is 6. The SMILES string of the molecule is O=C(NN1C(=O)CC1=O)C(=O)NN1C(=O)CC1=O. The normalized spacial score (nSPS) is 18.2. The number of carbonyl (C=O) groups is 6. The van der Waals surface area contributed by atoms with E-state index < -0.39 is 35.4 Å². The van der Waals surface area contributed by atoms with Crippen molar-refractivity contribution in [3.63, 3.8) is 0 Å². The van der Waals surface area contributed by atoms with Gasteiger partial charge in [-0.1, -0.05) is 0 Å². The molecule has 94 valence electrons.